The van der Waals surface area contributed by atoms with Gasteiger partial charge < -0.3 is 14.5 Å². The minimum absolute atomic E-state index is 0.137. The van der Waals surface area contributed by atoms with Gasteiger partial charge in [-0.2, -0.15) is 5.10 Å². The molecule has 0 N–H and O–H groups in total. The quantitative estimate of drug-likeness (QED) is 0.803. The number of aryl methyl sites for hydroxylation is 2. The molecule has 7 nitrogen and oxygen atoms in total. The third kappa shape index (κ3) is 3.61. The Bertz CT molecular complexity index is 697. The lowest BCUT2D eigenvalue weighted by Crippen LogP contribution is -2.55. The standard InChI is InChI=1S/C20H30N4O3/c1-16-3-9-21-24(16)11-4-18(25)22-12-8-20(15-22)7-2-10-23(19(20)26)17-5-13-27-14-6-17/h3,9,17H,2,4-8,10-15H2,1H3/t20-/m1/s1. The Hall–Kier alpha value is -1.89. The van der Waals surface area contributed by atoms with Crippen molar-refractivity contribution in [2.45, 2.75) is 58.0 Å². The Balaban J connectivity index is 1.37. The van der Waals surface area contributed by atoms with E-state index in [0.717, 1.165) is 57.6 Å². The number of rotatable bonds is 4. The summed E-state index contributed by atoms with van der Waals surface area (Å²) in [6.07, 6.45) is 6.83. The zero-order valence-corrected chi connectivity index (χ0v) is 16.2. The van der Waals surface area contributed by atoms with Crippen molar-refractivity contribution in [2.75, 3.05) is 32.8 Å². The topological polar surface area (TPSA) is 67.7 Å². The number of amides is 2. The Morgan fingerprint density at radius 3 is 2.85 bits per heavy atom. The molecule has 148 valence electrons. The highest BCUT2D eigenvalue weighted by Crippen LogP contribution is 2.41. The van der Waals surface area contributed by atoms with Crippen LogP contribution in [0.4, 0.5) is 0 Å². The molecule has 4 heterocycles. The fourth-order valence-corrected chi connectivity index (χ4v) is 4.90. The van der Waals surface area contributed by atoms with Gasteiger partial charge in [-0.25, -0.2) is 0 Å². The van der Waals surface area contributed by atoms with Crippen LogP contribution in [0.3, 0.4) is 0 Å². The molecule has 1 atom stereocenters. The molecule has 4 rings (SSSR count). The summed E-state index contributed by atoms with van der Waals surface area (Å²) in [7, 11) is 0. The van der Waals surface area contributed by atoms with Gasteiger partial charge in [0, 0.05) is 63.7 Å². The minimum atomic E-state index is -0.353. The largest absolute Gasteiger partial charge is 0.381 e. The average Bonchev–Trinajstić information content (AvgIpc) is 3.30. The molecule has 0 aliphatic carbocycles. The SMILES string of the molecule is Cc1ccnn1CCC(=O)N1CC[C@]2(CCCN(C3CCOCC3)C2=O)C1. The van der Waals surface area contributed by atoms with E-state index in [9.17, 15) is 9.59 Å². The van der Waals surface area contributed by atoms with Gasteiger partial charge in [-0.05, 0) is 45.1 Å². The fraction of sp³-hybridized carbons (Fsp3) is 0.750. The highest BCUT2D eigenvalue weighted by atomic mass is 16.5. The van der Waals surface area contributed by atoms with E-state index in [1.165, 1.54) is 0 Å². The molecular formula is C20H30N4O3. The van der Waals surface area contributed by atoms with Gasteiger partial charge in [0.15, 0.2) is 0 Å². The molecule has 2 amide bonds. The molecule has 0 unspecified atom stereocenters. The summed E-state index contributed by atoms with van der Waals surface area (Å²) in [5.74, 6) is 0.414. The van der Waals surface area contributed by atoms with Gasteiger partial charge in [0.05, 0.1) is 5.41 Å². The Kier molecular flexibility index (Phi) is 5.21. The Morgan fingerprint density at radius 1 is 1.30 bits per heavy atom. The number of ether oxygens (including phenoxy) is 1. The molecule has 3 aliphatic heterocycles. The van der Waals surface area contributed by atoms with Gasteiger partial charge in [-0.15, -0.1) is 0 Å². The first-order valence-corrected chi connectivity index (χ1v) is 10.2. The van der Waals surface area contributed by atoms with Crippen LogP contribution in [0, 0.1) is 12.3 Å². The molecule has 1 aromatic rings. The number of carbonyl (C=O) groups excluding carboxylic acids is 2. The summed E-state index contributed by atoms with van der Waals surface area (Å²) in [4.78, 5) is 30.1. The van der Waals surface area contributed by atoms with Gasteiger partial charge in [0.2, 0.25) is 11.8 Å². The van der Waals surface area contributed by atoms with Crippen molar-refractivity contribution < 1.29 is 14.3 Å². The van der Waals surface area contributed by atoms with Crippen molar-refractivity contribution in [1.82, 2.24) is 19.6 Å². The predicted octanol–water partition coefficient (Wildman–Crippen LogP) is 1.60. The smallest absolute Gasteiger partial charge is 0.230 e. The molecule has 0 bridgehead atoms. The third-order valence-corrected chi connectivity index (χ3v) is 6.57. The second kappa shape index (κ2) is 7.62. The fourth-order valence-electron chi connectivity index (χ4n) is 4.90. The van der Waals surface area contributed by atoms with Gasteiger partial charge in [-0.3, -0.25) is 14.3 Å². The van der Waals surface area contributed by atoms with E-state index < -0.39 is 0 Å². The lowest BCUT2D eigenvalue weighted by atomic mass is 9.77. The molecule has 3 saturated heterocycles. The molecule has 0 aromatic carbocycles. The highest BCUT2D eigenvalue weighted by molar-refractivity contribution is 5.86. The monoisotopic (exact) mass is 374 g/mol. The molecule has 0 radical (unpaired) electrons. The van der Waals surface area contributed by atoms with Gasteiger partial charge in [-0.1, -0.05) is 0 Å². The summed E-state index contributed by atoms with van der Waals surface area (Å²) in [5.41, 5.74) is 0.712. The number of nitrogens with zero attached hydrogens (tertiary/aromatic N) is 4. The van der Waals surface area contributed by atoms with E-state index >= 15 is 0 Å². The van der Waals surface area contributed by atoms with E-state index in [-0.39, 0.29) is 17.2 Å². The maximum atomic E-state index is 13.3. The Labute approximate surface area is 160 Å². The molecule has 1 aromatic heterocycles. The van der Waals surface area contributed by atoms with E-state index in [4.69, 9.17) is 4.74 Å². The summed E-state index contributed by atoms with van der Waals surface area (Å²) >= 11 is 0. The average molecular weight is 374 g/mol. The maximum Gasteiger partial charge on any atom is 0.230 e. The van der Waals surface area contributed by atoms with Crippen LogP contribution >= 0.6 is 0 Å². The minimum Gasteiger partial charge on any atom is -0.381 e. The van der Waals surface area contributed by atoms with Crippen LogP contribution in [0.1, 0.15) is 44.2 Å². The lowest BCUT2D eigenvalue weighted by molar-refractivity contribution is -0.150. The van der Waals surface area contributed by atoms with E-state index in [1.807, 2.05) is 22.6 Å². The van der Waals surface area contributed by atoms with E-state index in [0.29, 0.717) is 32.1 Å². The van der Waals surface area contributed by atoms with Crippen molar-refractivity contribution in [2.24, 2.45) is 5.41 Å². The Morgan fingerprint density at radius 2 is 2.11 bits per heavy atom. The summed E-state index contributed by atoms with van der Waals surface area (Å²) in [5, 5.41) is 4.25. The molecule has 7 heteroatoms. The molecule has 27 heavy (non-hydrogen) atoms. The molecular weight excluding hydrogens is 344 g/mol. The number of hydrogen-bond donors (Lipinski definition) is 0. The van der Waals surface area contributed by atoms with Crippen molar-refractivity contribution in [3.05, 3.63) is 18.0 Å². The normalized spacial score (nSPS) is 26.9. The first-order valence-electron chi connectivity index (χ1n) is 10.2. The zero-order valence-electron chi connectivity index (χ0n) is 16.2. The zero-order chi connectivity index (χ0) is 18.9. The number of likely N-dealkylation sites (tertiary alicyclic amines) is 2. The van der Waals surface area contributed by atoms with Crippen molar-refractivity contribution in [3.63, 3.8) is 0 Å². The number of piperidine rings is 1. The molecule has 1 spiro atoms. The van der Waals surface area contributed by atoms with E-state index in [2.05, 4.69) is 10.00 Å². The van der Waals surface area contributed by atoms with Gasteiger partial charge >= 0.3 is 0 Å². The van der Waals surface area contributed by atoms with Crippen LogP contribution in [-0.2, 0) is 20.9 Å². The summed E-state index contributed by atoms with van der Waals surface area (Å²) in [6.45, 7) is 6.24. The highest BCUT2D eigenvalue weighted by Gasteiger charge is 2.50. The van der Waals surface area contributed by atoms with Crippen LogP contribution in [-0.4, -0.2) is 70.3 Å². The van der Waals surface area contributed by atoms with Crippen LogP contribution in [0.2, 0.25) is 0 Å². The summed E-state index contributed by atoms with van der Waals surface area (Å²) < 4.78 is 7.32. The van der Waals surface area contributed by atoms with Gasteiger partial charge in [0.1, 0.15) is 0 Å². The van der Waals surface area contributed by atoms with Crippen molar-refractivity contribution >= 4 is 11.8 Å². The number of carbonyl (C=O) groups is 2. The second-order valence-corrected chi connectivity index (χ2v) is 8.24. The predicted molar refractivity (Wildman–Crippen MR) is 100.0 cm³/mol. The number of hydrogen-bond acceptors (Lipinski definition) is 4. The van der Waals surface area contributed by atoms with Crippen molar-refractivity contribution in [3.8, 4) is 0 Å². The van der Waals surface area contributed by atoms with Crippen LogP contribution in [0.15, 0.2) is 12.3 Å². The van der Waals surface area contributed by atoms with Crippen LogP contribution in [0.5, 0.6) is 0 Å². The van der Waals surface area contributed by atoms with Crippen LogP contribution < -0.4 is 0 Å². The lowest BCUT2D eigenvalue weighted by Gasteiger charge is -2.44. The molecule has 3 fully saturated rings. The van der Waals surface area contributed by atoms with Gasteiger partial charge in [0.25, 0.3) is 0 Å². The third-order valence-electron chi connectivity index (χ3n) is 6.57. The first-order chi connectivity index (χ1) is 13.1. The molecule has 0 saturated carbocycles. The number of aromatic nitrogens is 2. The summed E-state index contributed by atoms with van der Waals surface area (Å²) in [6, 6.07) is 2.26. The van der Waals surface area contributed by atoms with Crippen LogP contribution in [0.25, 0.3) is 0 Å². The molecule has 3 aliphatic rings. The second-order valence-electron chi connectivity index (χ2n) is 8.24. The van der Waals surface area contributed by atoms with Crippen molar-refractivity contribution in [1.29, 1.82) is 0 Å². The first kappa shape index (κ1) is 18.5. The maximum absolute atomic E-state index is 13.3. The van der Waals surface area contributed by atoms with E-state index in [1.54, 1.807) is 6.20 Å².